The Labute approximate surface area is 83.1 Å². The minimum atomic E-state index is -0.389. The molecule has 1 aromatic heterocycles. The van der Waals surface area contributed by atoms with Gasteiger partial charge in [0.1, 0.15) is 10.9 Å². The molecule has 0 saturated carbocycles. The van der Waals surface area contributed by atoms with E-state index in [9.17, 15) is 4.79 Å². The lowest BCUT2D eigenvalue weighted by molar-refractivity contribution is -0.140. The van der Waals surface area contributed by atoms with Gasteiger partial charge in [0, 0.05) is 0 Å². The summed E-state index contributed by atoms with van der Waals surface area (Å²) >= 11 is 3.18. The second-order valence-electron chi connectivity index (χ2n) is 2.18. The van der Waals surface area contributed by atoms with Crippen molar-refractivity contribution >= 4 is 21.9 Å². The van der Waals surface area contributed by atoms with E-state index in [-0.39, 0.29) is 12.4 Å². The van der Waals surface area contributed by atoms with E-state index in [1.54, 1.807) is 0 Å². The highest BCUT2D eigenvalue weighted by Gasteiger charge is 2.17. The molecule has 0 saturated heterocycles. The van der Waals surface area contributed by atoms with Crippen molar-refractivity contribution in [3.63, 3.8) is 0 Å². The summed E-state index contributed by atoms with van der Waals surface area (Å²) in [7, 11) is 2.77. The highest BCUT2D eigenvalue weighted by Crippen LogP contribution is 2.27. The van der Waals surface area contributed by atoms with Crippen LogP contribution in [0.4, 0.5) is 0 Å². The molecule has 1 rings (SSSR count). The molecule has 0 aliphatic carbocycles. The lowest BCUT2D eigenvalue weighted by Gasteiger charge is -1.94. The third-order valence-electron chi connectivity index (χ3n) is 1.40. The Morgan fingerprint density at radius 1 is 1.62 bits per heavy atom. The topological polar surface area (TPSA) is 61.6 Å². The van der Waals surface area contributed by atoms with Gasteiger partial charge in [0.05, 0.1) is 14.2 Å². The molecule has 72 valence electrons. The predicted octanol–water partition coefficient (Wildman–Crippen LogP) is 1.16. The largest absolute Gasteiger partial charge is 0.478 e. The minimum absolute atomic E-state index is 0.0352. The highest BCUT2D eigenvalue weighted by atomic mass is 79.9. The zero-order valence-corrected chi connectivity index (χ0v) is 8.75. The smallest absolute Gasteiger partial charge is 0.313 e. The van der Waals surface area contributed by atoms with Crippen LogP contribution in [0.5, 0.6) is 5.88 Å². The summed E-state index contributed by atoms with van der Waals surface area (Å²) in [5.41, 5.74) is 0. The Kier molecular flexibility index (Phi) is 3.30. The summed E-state index contributed by atoms with van der Waals surface area (Å²) in [4.78, 5) is 10.9. The van der Waals surface area contributed by atoms with Crippen LogP contribution in [0, 0.1) is 0 Å². The normalized spacial score (nSPS) is 9.77. The maximum absolute atomic E-state index is 10.9. The number of hydrogen-bond acceptors (Lipinski definition) is 5. The number of halogens is 1. The summed E-state index contributed by atoms with van der Waals surface area (Å²) in [5.74, 6) is 0.321. The number of esters is 1. The lowest BCUT2D eigenvalue weighted by atomic mass is 10.3. The fourth-order valence-corrected chi connectivity index (χ4v) is 1.18. The molecular weight excluding hydrogens is 242 g/mol. The molecule has 1 heterocycles. The van der Waals surface area contributed by atoms with Crippen LogP contribution in [0.15, 0.2) is 9.00 Å². The van der Waals surface area contributed by atoms with E-state index in [1.807, 2.05) is 0 Å². The molecule has 0 fully saturated rings. The average molecular weight is 250 g/mol. The third kappa shape index (κ3) is 2.21. The number of ether oxygens (including phenoxy) is 2. The van der Waals surface area contributed by atoms with Crippen molar-refractivity contribution in [3.8, 4) is 5.88 Å². The van der Waals surface area contributed by atoms with E-state index in [4.69, 9.17) is 9.26 Å². The number of carbonyl (C=O) groups excluding carboxylic acids is 1. The molecule has 13 heavy (non-hydrogen) atoms. The maximum atomic E-state index is 10.9. The van der Waals surface area contributed by atoms with Crippen LogP contribution in [0.3, 0.4) is 0 Å². The molecule has 0 aliphatic heterocycles. The van der Waals surface area contributed by atoms with E-state index < -0.39 is 0 Å². The van der Waals surface area contributed by atoms with Gasteiger partial charge in [-0.2, -0.15) is 0 Å². The summed E-state index contributed by atoms with van der Waals surface area (Å²) in [6, 6.07) is 0. The average Bonchev–Trinajstić information content (AvgIpc) is 2.48. The molecule has 0 aliphatic rings. The van der Waals surface area contributed by atoms with Gasteiger partial charge in [-0.15, -0.1) is 0 Å². The van der Waals surface area contributed by atoms with Crippen molar-refractivity contribution in [1.29, 1.82) is 0 Å². The Bertz CT molecular complexity index is 309. The summed E-state index contributed by atoms with van der Waals surface area (Å²) < 4.78 is 14.7. The fraction of sp³-hybridized carbons (Fsp3) is 0.429. The first kappa shape index (κ1) is 10.0. The number of hydrogen-bond donors (Lipinski definition) is 0. The van der Waals surface area contributed by atoms with Crippen LogP contribution in [-0.4, -0.2) is 25.3 Å². The molecule has 1 aromatic rings. The molecule has 0 atom stereocenters. The van der Waals surface area contributed by atoms with Crippen molar-refractivity contribution in [2.75, 3.05) is 14.2 Å². The Hall–Kier alpha value is -1.04. The lowest BCUT2D eigenvalue weighted by Crippen LogP contribution is -2.03. The first-order valence-corrected chi connectivity index (χ1v) is 4.23. The number of nitrogens with zero attached hydrogens (tertiary/aromatic N) is 1. The van der Waals surface area contributed by atoms with Crippen molar-refractivity contribution in [2.45, 2.75) is 6.42 Å². The van der Waals surface area contributed by atoms with Gasteiger partial charge in [0.25, 0.3) is 5.88 Å². The van der Waals surface area contributed by atoms with Gasteiger partial charge in [0.15, 0.2) is 5.76 Å². The first-order chi connectivity index (χ1) is 6.19. The monoisotopic (exact) mass is 249 g/mol. The van der Waals surface area contributed by atoms with Gasteiger partial charge in [-0.3, -0.25) is 4.79 Å². The van der Waals surface area contributed by atoms with Gasteiger partial charge < -0.3 is 14.0 Å². The van der Waals surface area contributed by atoms with E-state index in [2.05, 4.69) is 25.8 Å². The number of carbonyl (C=O) groups is 1. The summed E-state index contributed by atoms with van der Waals surface area (Å²) in [5, 5.41) is 3.57. The van der Waals surface area contributed by atoms with Crippen molar-refractivity contribution in [1.82, 2.24) is 5.16 Å². The molecule has 0 spiro atoms. The number of methoxy groups -OCH3 is 2. The van der Waals surface area contributed by atoms with Gasteiger partial charge in [-0.05, 0) is 21.1 Å². The quantitative estimate of drug-likeness (QED) is 0.753. The van der Waals surface area contributed by atoms with Gasteiger partial charge in [0.2, 0.25) is 0 Å². The van der Waals surface area contributed by atoms with Crippen molar-refractivity contribution in [3.05, 3.63) is 10.2 Å². The molecule has 0 N–H and O–H groups in total. The van der Waals surface area contributed by atoms with E-state index in [0.717, 1.165) is 0 Å². The van der Waals surface area contributed by atoms with Crippen LogP contribution in [0.2, 0.25) is 0 Å². The second kappa shape index (κ2) is 4.27. The third-order valence-corrected chi connectivity index (χ3v) is 2.18. The fourth-order valence-electron chi connectivity index (χ4n) is 0.736. The zero-order chi connectivity index (χ0) is 9.84. The van der Waals surface area contributed by atoms with Gasteiger partial charge >= 0.3 is 5.97 Å². The molecule has 0 bridgehead atoms. The Morgan fingerprint density at radius 2 is 2.31 bits per heavy atom. The molecular formula is C7H8BrNO4. The predicted molar refractivity (Wildman–Crippen MR) is 46.5 cm³/mol. The second-order valence-corrected chi connectivity index (χ2v) is 2.97. The highest BCUT2D eigenvalue weighted by molar-refractivity contribution is 9.10. The molecule has 0 radical (unpaired) electrons. The number of aromatic nitrogens is 1. The van der Waals surface area contributed by atoms with Gasteiger partial charge in [-0.1, -0.05) is 0 Å². The van der Waals surface area contributed by atoms with Crippen molar-refractivity contribution < 1.29 is 18.8 Å². The van der Waals surface area contributed by atoms with Crippen LogP contribution in [0.1, 0.15) is 5.76 Å². The minimum Gasteiger partial charge on any atom is -0.478 e. The molecule has 0 aromatic carbocycles. The molecule has 5 nitrogen and oxygen atoms in total. The summed E-state index contributed by atoms with van der Waals surface area (Å²) in [6.45, 7) is 0. The van der Waals surface area contributed by atoms with E-state index >= 15 is 0 Å². The zero-order valence-electron chi connectivity index (χ0n) is 7.17. The van der Waals surface area contributed by atoms with Crippen LogP contribution >= 0.6 is 15.9 Å². The first-order valence-electron chi connectivity index (χ1n) is 3.44. The van der Waals surface area contributed by atoms with Crippen LogP contribution in [-0.2, 0) is 16.0 Å². The summed E-state index contributed by atoms with van der Waals surface area (Å²) in [6.07, 6.45) is 0.0352. The van der Waals surface area contributed by atoms with Crippen molar-refractivity contribution in [2.24, 2.45) is 0 Å². The molecule has 6 heteroatoms. The van der Waals surface area contributed by atoms with E-state index in [1.165, 1.54) is 14.2 Å². The van der Waals surface area contributed by atoms with Gasteiger partial charge in [-0.25, -0.2) is 0 Å². The molecule has 0 unspecified atom stereocenters. The molecule has 0 amide bonds. The standard InChI is InChI=1S/C7H8BrNO4/c1-11-5(10)3-4-6(8)7(12-2)9-13-4/h3H2,1-2H3. The van der Waals surface area contributed by atoms with Crippen LogP contribution < -0.4 is 4.74 Å². The number of rotatable bonds is 3. The SMILES string of the molecule is COC(=O)Cc1onc(OC)c1Br. The van der Waals surface area contributed by atoms with Crippen LogP contribution in [0.25, 0.3) is 0 Å². The van der Waals surface area contributed by atoms with E-state index in [0.29, 0.717) is 16.1 Å². The Balaban J connectivity index is 2.78. The Morgan fingerprint density at radius 3 is 2.77 bits per heavy atom. The maximum Gasteiger partial charge on any atom is 0.313 e.